The Bertz CT molecular complexity index is 452. The zero-order chi connectivity index (χ0) is 14.8. The Kier molecular flexibility index (Phi) is 4.44. The summed E-state index contributed by atoms with van der Waals surface area (Å²) in [6, 6.07) is -0.997. The fourth-order valence-corrected chi connectivity index (χ4v) is 3.32. The van der Waals surface area contributed by atoms with Gasteiger partial charge < -0.3 is 14.8 Å². The van der Waals surface area contributed by atoms with Crippen LogP contribution in [0.5, 0.6) is 0 Å². The first kappa shape index (κ1) is 15.7. The van der Waals surface area contributed by atoms with E-state index in [2.05, 4.69) is 10.1 Å². The first-order valence-electron chi connectivity index (χ1n) is 5.82. The van der Waals surface area contributed by atoms with E-state index < -0.39 is 39.5 Å². The number of rotatable bonds is 3. The molecule has 1 saturated heterocycles. The van der Waals surface area contributed by atoms with Gasteiger partial charge in [-0.15, -0.1) is 0 Å². The number of nitrogens with one attached hydrogen (secondary N) is 1. The first-order chi connectivity index (χ1) is 8.54. The monoisotopic (exact) mass is 293 g/mol. The Labute approximate surface area is 112 Å². The quantitative estimate of drug-likeness (QED) is 0.741. The molecule has 0 spiro atoms. The third-order valence-electron chi connectivity index (χ3n) is 2.53. The minimum Gasteiger partial charge on any atom is -0.467 e. The molecule has 0 aliphatic carbocycles. The fraction of sp³-hybridized carbons (Fsp3) is 0.818. The van der Waals surface area contributed by atoms with Gasteiger partial charge >= 0.3 is 12.1 Å². The molecule has 19 heavy (non-hydrogen) atoms. The number of carbonyl (C=O) groups excluding carboxylic acids is 2. The molecule has 0 aromatic rings. The number of sulfone groups is 1. The molecule has 1 fully saturated rings. The van der Waals surface area contributed by atoms with Gasteiger partial charge in [0.05, 0.1) is 18.6 Å². The number of carbonyl (C=O) groups is 2. The zero-order valence-corrected chi connectivity index (χ0v) is 12.2. The summed E-state index contributed by atoms with van der Waals surface area (Å²) in [5.74, 6) is -1.42. The molecule has 8 heteroatoms. The molecular weight excluding hydrogens is 274 g/mol. The lowest BCUT2D eigenvalue weighted by molar-refractivity contribution is -0.144. The standard InChI is InChI=1S/C11H19NO6S/c1-11(2,3)18-10(14)12-8(9(13)17-4)7-5-19(15,16)6-7/h7-8H,5-6H2,1-4H3,(H,12,14)/t8-/m1/s1. The van der Waals surface area contributed by atoms with Gasteiger partial charge in [-0.3, -0.25) is 0 Å². The van der Waals surface area contributed by atoms with E-state index in [0.717, 1.165) is 0 Å². The molecule has 0 unspecified atom stereocenters. The van der Waals surface area contributed by atoms with Gasteiger partial charge in [0.1, 0.15) is 11.6 Å². The van der Waals surface area contributed by atoms with Crippen LogP contribution in [0, 0.1) is 5.92 Å². The van der Waals surface area contributed by atoms with Gasteiger partial charge in [0.15, 0.2) is 9.84 Å². The third-order valence-corrected chi connectivity index (χ3v) is 4.41. The summed E-state index contributed by atoms with van der Waals surface area (Å²) in [6.45, 7) is 5.06. The first-order valence-corrected chi connectivity index (χ1v) is 7.64. The van der Waals surface area contributed by atoms with Crippen molar-refractivity contribution in [3.05, 3.63) is 0 Å². The highest BCUT2D eigenvalue weighted by molar-refractivity contribution is 7.92. The van der Waals surface area contributed by atoms with Gasteiger partial charge in [0.25, 0.3) is 0 Å². The van der Waals surface area contributed by atoms with Crippen LogP contribution >= 0.6 is 0 Å². The summed E-state index contributed by atoms with van der Waals surface area (Å²) in [6.07, 6.45) is -0.771. The van der Waals surface area contributed by atoms with Crippen LogP contribution in [0.3, 0.4) is 0 Å². The van der Waals surface area contributed by atoms with Crippen molar-refractivity contribution in [2.24, 2.45) is 5.92 Å². The van der Waals surface area contributed by atoms with E-state index in [9.17, 15) is 18.0 Å². The van der Waals surface area contributed by atoms with Crippen LogP contribution < -0.4 is 5.32 Å². The van der Waals surface area contributed by atoms with Crippen LogP contribution in [-0.2, 0) is 24.1 Å². The minimum absolute atomic E-state index is 0.136. The predicted molar refractivity (Wildman–Crippen MR) is 67.3 cm³/mol. The highest BCUT2D eigenvalue weighted by Gasteiger charge is 2.43. The lowest BCUT2D eigenvalue weighted by atomic mass is 10.0. The number of hydrogen-bond donors (Lipinski definition) is 1. The lowest BCUT2D eigenvalue weighted by Gasteiger charge is -2.32. The van der Waals surface area contributed by atoms with Crippen LogP contribution in [0.1, 0.15) is 20.8 Å². The molecule has 1 N–H and O–H groups in total. The Morgan fingerprint density at radius 1 is 1.26 bits per heavy atom. The molecular formula is C11H19NO6S. The zero-order valence-electron chi connectivity index (χ0n) is 11.4. The largest absolute Gasteiger partial charge is 0.467 e. The van der Waals surface area contributed by atoms with Crippen LogP contribution in [-0.4, -0.2) is 50.7 Å². The second kappa shape index (κ2) is 5.36. The topological polar surface area (TPSA) is 98.8 Å². The second-order valence-corrected chi connectivity index (χ2v) is 7.64. The van der Waals surface area contributed by atoms with Crippen LogP contribution in [0.25, 0.3) is 0 Å². The molecule has 1 rings (SSSR count). The summed E-state index contributed by atoms with van der Waals surface area (Å²) in [5, 5.41) is 2.36. The summed E-state index contributed by atoms with van der Waals surface area (Å²) < 4.78 is 31.9. The number of methoxy groups -OCH3 is 1. The summed E-state index contributed by atoms with van der Waals surface area (Å²) in [5.41, 5.74) is -0.698. The van der Waals surface area contributed by atoms with Crippen molar-refractivity contribution >= 4 is 21.9 Å². The normalized spacial score (nSPS) is 20.0. The maximum Gasteiger partial charge on any atom is 0.408 e. The second-order valence-electron chi connectivity index (χ2n) is 5.48. The van der Waals surface area contributed by atoms with E-state index in [0.29, 0.717) is 0 Å². The molecule has 110 valence electrons. The highest BCUT2D eigenvalue weighted by Crippen LogP contribution is 2.23. The number of amides is 1. The van der Waals surface area contributed by atoms with Gasteiger partial charge in [0, 0.05) is 5.92 Å². The molecule has 0 aromatic heterocycles. The van der Waals surface area contributed by atoms with Crippen molar-refractivity contribution < 1.29 is 27.5 Å². The van der Waals surface area contributed by atoms with Gasteiger partial charge in [0.2, 0.25) is 0 Å². The Balaban J connectivity index is 2.67. The van der Waals surface area contributed by atoms with Crippen molar-refractivity contribution in [1.29, 1.82) is 0 Å². The Morgan fingerprint density at radius 2 is 1.79 bits per heavy atom. The van der Waals surface area contributed by atoms with E-state index in [1.165, 1.54) is 7.11 Å². The molecule has 7 nitrogen and oxygen atoms in total. The molecule has 1 aliphatic rings. The van der Waals surface area contributed by atoms with Crippen molar-refractivity contribution in [2.45, 2.75) is 32.4 Å². The Hall–Kier alpha value is -1.31. The number of ether oxygens (including phenoxy) is 2. The van der Waals surface area contributed by atoms with Crippen LogP contribution in [0.15, 0.2) is 0 Å². The smallest absolute Gasteiger partial charge is 0.408 e. The number of hydrogen-bond acceptors (Lipinski definition) is 6. The predicted octanol–water partition coefficient (Wildman–Crippen LogP) is 0.0973. The van der Waals surface area contributed by atoms with E-state index in [4.69, 9.17) is 4.74 Å². The summed E-state index contributed by atoms with van der Waals surface area (Å²) >= 11 is 0. The maximum absolute atomic E-state index is 11.6. The van der Waals surface area contributed by atoms with Gasteiger partial charge in [-0.2, -0.15) is 0 Å². The van der Waals surface area contributed by atoms with Crippen LogP contribution in [0.4, 0.5) is 4.79 Å². The molecule has 1 amide bonds. The molecule has 0 aromatic carbocycles. The van der Waals surface area contributed by atoms with E-state index in [-0.39, 0.29) is 11.5 Å². The SMILES string of the molecule is COC(=O)[C@H](NC(=O)OC(C)(C)C)C1CS(=O)(=O)C1. The molecule has 0 bridgehead atoms. The maximum atomic E-state index is 11.6. The summed E-state index contributed by atoms with van der Waals surface area (Å²) in [7, 11) is -1.91. The number of alkyl carbamates (subject to hydrolysis) is 1. The van der Waals surface area contributed by atoms with Gasteiger partial charge in [-0.25, -0.2) is 18.0 Å². The van der Waals surface area contributed by atoms with Gasteiger partial charge in [-0.05, 0) is 20.8 Å². The van der Waals surface area contributed by atoms with Crippen molar-refractivity contribution in [3.63, 3.8) is 0 Å². The van der Waals surface area contributed by atoms with E-state index >= 15 is 0 Å². The Morgan fingerprint density at radius 3 is 2.16 bits per heavy atom. The highest BCUT2D eigenvalue weighted by atomic mass is 32.2. The van der Waals surface area contributed by atoms with Gasteiger partial charge in [-0.1, -0.05) is 0 Å². The summed E-state index contributed by atoms with van der Waals surface area (Å²) in [4.78, 5) is 23.2. The molecule has 1 aliphatic heterocycles. The van der Waals surface area contributed by atoms with Crippen molar-refractivity contribution in [2.75, 3.05) is 18.6 Å². The minimum atomic E-state index is -3.09. The molecule has 1 heterocycles. The average molecular weight is 293 g/mol. The van der Waals surface area contributed by atoms with E-state index in [1.807, 2.05) is 0 Å². The van der Waals surface area contributed by atoms with Crippen molar-refractivity contribution in [1.82, 2.24) is 5.32 Å². The van der Waals surface area contributed by atoms with Crippen molar-refractivity contribution in [3.8, 4) is 0 Å². The average Bonchev–Trinajstić information content (AvgIpc) is 2.19. The van der Waals surface area contributed by atoms with Crippen LogP contribution in [0.2, 0.25) is 0 Å². The lowest BCUT2D eigenvalue weighted by Crippen LogP contribution is -2.56. The molecule has 0 saturated carbocycles. The van der Waals surface area contributed by atoms with E-state index in [1.54, 1.807) is 20.8 Å². The third kappa shape index (κ3) is 4.70. The molecule has 0 radical (unpaired) electrons. The molecule has 1 atom stereocenters. The number of esters is 1. The fourth-order valence-electron chi connectivity index (χ4n) is 1.73.